The van der Waals surface area contributed by atoms with Crippen molar-refractivity contribution in [3.05, 3.63) is 83.9 Å². The fourth-order valence-electron chi connectivity index (χ4n) is 4.74. The van der Waals surface area contributed by atoms with Crippen LogP contribution >= 0.6 is 0 Å². The number of nitrogens with zero attached hydrogens (tertiary/aromatic N) is 1. The van der Waals surface area contributed by atoms with Crippen molar-refractivity contribution in [1.82, 2.24) is 4.90 Å². The summed E-state index contributed by atoms with van der Waals surface area (Å²) in [5.74, 6) is 0.531. The molecular weight excluding hydrogens is 426 g/mol. The Kier molecular flexibility index (Phi) is 7.86. The second-order valence-electron chi connectivity index (χ2n) is 8.61. The van der Waals surface area contributed by atoms with E-state index in [0.29, 0.717) is 26.1 Å². The Bertz CT molecular complexity index is 1070. The van der Waals surface area contributed by atoms with E-state index in [0.717, 1.165) is 30.2 Å². The van der Waals surface area contributed by atoms with Crippen molar-refractivity contribution >= 4 is 5.97 Å². The zero-order valence-electron chi connectivity index (χ0n) is 19.9. The number of hydrogen-bond acceptors (Lipinski definition) is 4. The number of rotatable bonds is 9. The molecule has 1 saturated heterocycles. The molecule has 0 amide bonds. The van der Waals surface area contributed by atoms with Gasteiger partial charge in [0.05, 0.1) is 25.2 Å². The highest BCUT2D eigenvalue weighted by molar-refractivity contribution is 5.70. The highest BCUT2D eigenvalue weighted by Crippen LogP contribution is 2.38. The van der Waals surface area contributed by atoms with Gasteiger partial charge in [-0.15, -0.1) is 0 Å². The minimum absolute atomic E-state index is 0.00875. The molecule has 1 unspecified atom stereocenters. The normalized spacial score (nSPS) is 15.6. The molecule has 1 aliphatic heterocycles. The molecule has 34 heavy (non-hydrogen) atoms. The largest absolute Gasteiger partial charge is 0.490 e. The molecule has 1 heterocycles. The van der Waals surface area contributed by atoms with Gasteiger partial charge in [-0.2, -0.15) is 0 Å². The van der Waals surface area contributed by atoms with Crippen LogP contribution in [0.4, 0.5) is 0 Å². The molecule has 0 spiro atoms. The first-order chi connectivity index (χ1) is 16.6. The van der Waals surface area contributed by atoms with Crippen LogP contribution in [0, 0.1) is 5.92 Å². The zero-order valence-corrected chi connectivity index (χ0v) is 19.9. The molecule has 0 aliphatic carbocycles. The van der Waals surface area contributed by atoms with Gasteiger partial charge >= 0.3 is 5.97 Å². The van der Waals surface area contributed by atoms with Crippen LogP contribution in [0.25, 0.3) is 11.1 Å². The molecule has 1 aliphatic rings. The minimum Gasteiger partial charge on any atom is -0.490 e. The van der Waals surface area contributed by atoms with E-state index in [-0.39, 0.29) is 12.0 Å². The van der Waals surface area contributed by atoms with E-state index < -0.39 is 5.97 Å². The molecule has 3 aromatic rings. The first-order valence-electron chi connectivity index (χ1n) is 12.1. The lowest BCUT2D eigenvalue weighted by Crippen LogP contribution is -2.39. The molecule has 1 atom stereocenters. The van der Waals surface area contributed by atoms with Crippen molar-refractivity contribution in [3.8, 4) is 22.6 Å². The summed E-state index contributed by atoms with van der Waals surface area (Å²) in [5, 5.41) is 9.46. The quantitative estimate of drug-likeness (QED) is 0.423. The lowest BCUT2D eigenvalue weighted by atomic mass is 9.90. The topological polar surface area (TPSA) is 59.0 Å². The first-order valence-corrected chi connectivity index (χ1v) is 12.1. The molecule has 0 bridgehead atoms. The van der Waals surface area contributed by atoms with Gasteiger partial charge in [-0.25, -0.2) is 0 Å². The first kappa shape index (κ1) is 23.8. The number of likely N-dealkylation sites (tertiary alicyclic amines) is 1. The smallest absolute Gasteiger partial charge is 0.306 e. The summed E-state index contributed by atoms with van der Waals surface area (Å²) in [5.41, 5.74) is 4.66. The number of hydrogen-bond donors (Lipinski definition) is 1. The maximum Gasteiger partial charge on any atom is 0.306 e. The van der Waals surface area contributed by atoms with Gasteiger partial charge in [-0.3, -0.25) is 9.69 Å². The summed E-state index contributed by atoms with van der Waals surface area (Å²) < 4.78 is 11.7. The van der Waals surface area contributed by atoms with Crippen LogP contribution in [0.5, 0.6) is 11.5 Å². The van der Waals surface area contributed by atoms with Crippen molar-refractivity contribution in [2.24, 2.45) is 5.92 Å². The average molecular weight is 460 g/mol. The number of ether oxygens (including phenoxy) is 2. The number of carboxylic acid groups (broad SMARTS) is 1. The van der Waals surface area contributed by atoms with Gasteiger partial charge in [-0.1, -0.05) is 60.7 Å². The Labute approximate surface area is 201 Å². The molecule has 1 N–H and O–H groups in total. The SMILES string of the molecule is CCOc1ccc(C(c2ccc(-c3ccccc3)cc2)N2CCC(C(=O)O)CC2)cc1OCC. The zero-order chi connectivity index (χ0) is 23.9. The predicted octanol–water partition coefficient (Wildman–Crippen LogP) is 6.04. The molecule has 0 radical (unpaired) electrons. The number of aliphatic carboxylic acids is 1. The van der Waals surface area contributed by atoms with Gasteiger partial charge < -0.3 is 14.6 Å². The van der Waals surface area contributed by atoms with Crippen molar-refractivity contribution in [3.63, 3.8) is 0 Å². The van der Waals surface area contributed by atoms with E-state index in [4.69, 9.17) is 9.47 Å². The maximum atomic E-state index is 11.5. The van der Waals surface area contributed by atoms with Gasteiger partial charge in [0.2, 0.25) is 0 Å². The summed E-state index contributed by atoms with van der Waals surface area (Å²) in [6.45, 7) is 6.54. The second kappa shape index (κ2) is 11.2. The van der Waals surface area contributed by atoms with Crippen LogP contribution in [-0.4, -0.2) is 42.3 Å². The second-order valence-corrected chi connectivity index (χ2v) is 8.61. The molecular formula is C29H33NO4. The van der Waals surface area contributed by atoms with Crippen LogP contribution in [0.3, 0.4) is 0 Å². The minimum atomic E-state index is -0.692. The molecule has 3 aromatic carbocycles. The number of carbonyl (C=O) groups is 1. The fraction of sp³-hybridized carbons (Fsp3) is 0.345. The molecule has 1 fully saturated rings. The highest BCUT2D eigenvalue weighted by atomic mass is 16.5. The lowest BCUT2D eigenvalue weighted by molar-refractivity contribution is -0.143. The molecule has 178 valence electrons. The highest BCUT2D eigenvalue weighted by Gasteiger charge is 2.30. The van der Waals surface area contributed by atoms with Gasteiger partial charge in [0.1, 0.15) is 0 Å². The van der Waals surface area contributed by atoms with Gasteiger partial charge in [0.15, 0.2) is 11.5 Å². The van der Waals surface area contributed by atoms with Crippen molar-refractivity contribution in [2.45, 2.75) is 32.7 Å². The fourth-order valence-corrected chi connectivity index (χ4v) is 4.74. The van der Waals surface area contributed by atoms with Crippen LogP contribution < -0.4 is 9.47 Å². The summed E-state index contributed by atoms with van der Waals surface area (Å²) >= 11 is 0. The number of carboxylic acids is 1. The average Bonchev–Trinajstić information content (AvgIpc) is 2.87. The maximum absolute atomic E-state index is 11.5. The van der Waals surface area contributed by atoms with Gasteiger partial charge in [0.25, 0.3) is 0 Å². The Balaban J connectivity index is 1.69. The molecule has 0 saturated carbocycles. The summed E-state index contributed by atoms with van der Waals surface area (Å²) in [6, 6.07) is 25.2. The van der Waals surface area contributed by atoms with E-state index in [1.807, 2.05) is 38.1 Å². The molecule has 5 nitrogen and oxygen atoms in total. The van der Waals surface area contributed by atoms with Crippen molar-refractivity contribution in [2.75, 3.05) is 26.3 Å². The van der Waals surface area contributed by atoms with E-state index in [2.05, 4.69) is 53.4 Å². The summed E-state index contributed by atoms with van der Waals surface area (Å²) in [7, 11) is 0. The Morgan fingerprint density at radius 1 is 0.853 bits per heavy atom. The van der Waals surface area contributed by atoms with Crippen LogP contribution in [-0.2, 0) is 4.79 Å². The Hall–Kier alpha value is -3.31. The van der Waals surface area contributed by atoms with E-state index in [9.17, 15) is 9.90 Å². The van der Waals surface area contributed by atoms with E-state index in [1.54, 1.807) is 0 Å². The Morgan fingerprint density at radius 2 is 1.44 bits per heavy atom. The summed E-state index contributed by atoms with van der Waals surface area (Å²) in [6.07, 6.45) is 1.31. The third-order valence-corrected chi connectivity index (χ3v) is 6.46. The monoisotopic (exact) mass is 459 g/mol. The van der Waals surface area contributed by atoms with Crippen LogP contribution in [0.15, 0.2) is 72.8 Å². The van der Waals surface area contributed by atoms with Crippen molar-refractivity contribution in [1.29, 1.82) is 0 Å². The van der Waals surface area contributed by atoms with Gasteiger partial charge in [-0.05, 0) is 74.2 Å². The summed E-state index contributed by atoms with van der Waals surface area (Å²) in [4.78, 5) is 13.9. The van der Waals surface area contributed by atoms with Crippen LogP contribution in [0.1, 0.15) is 43.9 Å². The third-order valence-electron chi connectivity index (χ3n) is 6.46. The number of benzene rings is 3. The van der Waals surface area contributed by atoms with Gasteiger partial charge in [0, 0.05) is 0 Å². The third kappa shape index (κ3) is 5.42. The molecule has 4 rings (SSSR count). The van der Waals surface area contributed by atoms with E-state index in [1.165, 1.54) is 16.7 Å². The van der Waals surface area contributed by atoms with Crippen molar-refractivity contribution < 1.29 is 19.4 Å². The molecule has 5 heteroatoms. The van der Waals surface area contributed by atoms with Crippen LogP contribution in [0.2, 0.25) is 0 Å². The number of piperidine rings is 1. The standard InChI is InChI=1S/C29H33NO4/c1-3-33-26-15-14-25(20-27(26)34-4-2)28(30-18-16-24(17-19-30)29(31)32)23-12-10-22(11-13-23)21-8-6-5-7-9-21/h5-15,20,24,28H,3-4,16-19H2,1-2H3,(H,31,32). The lowest BCUT2D eigenvalue weighted by Gasteiger charge is -2.37. The predicted molar refractivity (Wildman–Crippen MR) is 134 cm³/mol. The van der Waals surface area contributed by atoms with E-state index >= 15 is 0 Å². The Morgan fingerprint density at radius 3 is 2.06 bits per heavy atom. The molecule has 0 aromatic heterocycles.